The highest BCUT2D eigenvalue weighted by atomic mass is 35.5. The molecule has 2 amide bonds. The molecular weight excluding hydrogens is 397 g/mol. The summed E-state index contributed by atoms with van der Waals surface area (Å²) in [6, 6.07) is 4.40. The molecule has 1 aromatic rings. The summed E-state index contributed by atoms with van der Waals surface area (Å²) in [7, 11) is 0. The lowest BCUT2D eigenvalue weighted by Crippen LogP contribution is -2.78. The first-order valence-electron chi connectivity index (χ1n) is 10.2. The monoisotopic (exact) mass is 423 g/mol. The van der Waals surface area contributed by atoms with Crippen LogP contribution in [0.3, 0.4) is 0 Å². The molecule has 2 unspecified atom stereocenters. The molecule has 3 N–H and O–H groups in total. The van der Waals surface area contributed by atoms with Crippen LogP contribution in [0.25, 0.3) is 0 Å². The van der Waals surface area contributed by atoms with Gasteiger partial charge in [0.05, 0.1) is 10.4 Å². The van der Waals surface area contributed by atoms with Gasteiger partial charge in [0.1, 0.15) is 11.6 Å². The van der Waals surface area contributed by atoms with Gasteiger partial charge >= 0.3 is 0 Å². The second kappa shape index (κ2) is 7.76. The van der Waals surface area contributed by atoms with Gasteiger partial charge in [-0.2, -0.15) is 0 Å². The molecule has 1 saturated heterocycles. The Morgan fingerprint density at radius 1 is 1.34 bits per heavy atom. The minimum atomic E-state index is -0.588. The van der Waals surface area contributed by atoms with Crippen LogP contribution in [-0.2, 0) is 9.59 Å². The summed E-state index contributed by atoms with van der Waals surface area (Å²) in [4.78, 5) is 24.8. The average molecular weight is 424 g/mol. The molecule has 3 aliphatic carbocycles. The van der Waals surface area contributed by atoms with Gasteiger partial charge in [0, 0.05) is 24.2 Å². The fourth-order valence-corrected chi connectivity index (χ4v) is 5.11. The Kier molecular flexibility index (Phi) is 5.46. The van der Waals surface area contributed by atoms with Crippen LogP contribution in [0.5, 0.6) is 5.75 Å². The van der Waals surface area contributed by atoms with Crippen LogP contribution in [0, 0.1) is 17.2 Å². The number of hydrogen-bond acceptors (Lipinski definition) is 4. The van der Waals surface area contributed by atoms with Gasteiger partial charge in [-0.3, -0.25) is 9.59 Å². The second-order valence-electron chi connectivity index (χ2n) is 8.99. The minimum Gasteiger partial charge on any atom is -0.484 e. The van der Waals surface area contributed by atoms with Crippen LogP contribution in [-0.4, -0.2) is 43.1 Å². The molecule has 4 fully saturated rings. The minimum absolute atomic E-state index is 0.00743. The number of carbonyl (C=O) groups is 2. The molecule has 0 radical (unpaired) electrons. The molecule has 1 aromatic carbocycles. The topological polar surface area (TPSA) is 79.5 Å². The van der Waals surface area contributed by atoms with Gasteiger partial charge in [0.15, 0.2) is 6.61 Å². The van der Waals surface area contributed by atoms with Crippen molar-refractivity contribution in [2.45, 2.75) is 50.6 Å². The summed E-state index contributed by atoms with van der Waals surface area (Å²) < 4.78 is 18.7. The number of rotatable bonds is 7. The molecular formula is C21H27ClFN3O3. The van der Waals surface area contributed by atoms with Crippen molar-refractivity contribution in [3.05, 3.63) is 29.0 Å². The van der Waals surface area contributed by atoms with Crippen molar-refractivity contribution in [1.29, 1.82) is 0 Å². The van der Waals surface area contributed by atoms with E-state index in [0.717, 1.165) is 19.0 Å². The number of amides is 2. The van der Waals surface area contributed by atoms with Gasteiger partial charge < -0.3 is 20.7 Å². The summed E-state index contributed by atoms with van der Waals surface area (Å²) in [5.74, 6) is 0.185. The zero-order valence-corrected chi connectivity index (χ0v) is 17.3. The van der Waals surface area contributed by atoms with E-state index in [1.54, 1.807) is 0 Å². The van der Waals surface area contributed by atoms with Gasteiger partial charge in [-0.15, -0.1) is 0 Å². The van der Waals surface area contributed by atoms with Crippen molar-refractivity contribution in [2.24, 2.45) is 11.3 Å². The second-order valence-corrected chi connectivity index (χ2v) is 9.40. The third kappa shape index (κ3) is 4.21. The lowest BCUT2D eigenvalue weighted by Gasteiger charge is -2.69. The molecule has 29 heavy (non-hydrogen) atoms. The van der Waals surface area contributed by atoms with E-state index in [1.807, 2.05) is 0 Å². The number of carbonyl (C=O) groups excluding carboxylic acids is 2. The maximum Gasteiger partial charge on any atom is 0.258 e. The van der Waals surface area contributed by atoms with E-state index in [2.05, 4.69) is 22.9 Å². The average Bonchev–Trinajstić information content (AvgIpc) is 2.62. The smallest absolute Gasteiger partial charge is 0.258 e. The Morgan fingerprint density at radius 2 is 2.10 bits per heavy atom. The van der Waals surface area contributed by atoms with Crippen LogP contribution in [0.1, 0.15) is 39.0 Å². The zero-order chi connectivity index (χ0) is 20.6. The summed E-state index contributed by atoms with van der Waals surface area (Å²) in [6.45, 7) is 3.71. The van der Waals surface area contributed by atoms with Gasteiger partial charge in [0.25, 0.3) is 5.91 Å². The Bertz CT molecular complexity index is 799. The molecule has 8 heteroatoms. The Morgan fingerprint density at radius 3 is 2.79 bits per heavy atom. The quantitative estimate of drug-likeness (QED) is 0.629. The van der Waals surface area contributed by atoms with Crippen LogP contribution < -0.4 is 20.7 Å². The van der Waals surface area contributed by atoms with Crippen molar-refractivity contribution in [1.82, 2.24) is 16.0 Å². The van der Waals surface area contributed by atoms with Crippen molar-refractivity contribution < 1.29 is 18.7 Å². The Labute approximate surface area is 174 Å². The lowest BCUT2D eigenvalue weighted by atomic mass is 9.39. The first-order valence-corrected chi connectivity index (χ1v) is 10.6. The van der Waals surface area contributed by atoms with Gasteiger partial charge in [-0.1, -0.05) is 18.5 Å². The first-order chi connectivity index (χ1) is 13.8. The number of halogens is 2. The number of ether oxygens (including phenoxy) is 1. The van der Waals surface area contributed by atoms with Crippen molar-refractivity contribution in [2.75, 3.05) is 19.7 Å². The molecule has 1 heterocycles. The van der Waals surface area contributed by atoms with Gasteiger partial charge in [-0.25, -0.2) is 4.39 Å². The first kappa shape index (κ1) is 20.4. The lowest BCUT2D eigenvalue weighted by molar-refractivity contribution is -0.184. The largest absolute Gasteiger partial charge is 0.484 e. The molecule has 6 nitrogen and oxygen atoms in total. The molecule has 2 bridgehead atoms. The van der Waals surface area contributed by atoms with E-state index in [0.29, 0.717) is 37.8 Å². The summed E-state index contributed by atoms with van der Waals surface area (Å²) >= 11 is 5.63. The summed E-state index contributed by atoms with van der Waals surface area (Å²) in [6.07, 6.45) is 4.28. The molecule has 2 atom stereocenters. The molecule has 5 rings (SSSR count). The predicted octanol–water partition coefficient (Wildman–Crippen LogP) is 2.40. The molecule has 1 aliphatic heterocycles. The van der Waals surface area contributed by atoms with E-state index in [-0.39, 0.29) is 40.1 Å². The Balaban J connectivity index is 1.18. The van der Waals surface area contributed by atoms with E-state index < -0.39 is 5.82 Å². The van der Waals surface area contributed by atoms with E-state index in [9.17, 15) is 14.0 Å². The third-order valence-corrected chi connectivity index (χ3v) is 6.75. The van der Waals surface area contributed by atoms with E-state index in [1.165, 1.54) is 18.6 Å². The highest BCUT2D eigenvalue weighted by Crippen LogP contribution is 2.67. The van der Waals surface area contributed by atoms with Crippen LogP contribution in [0.4, 0.5) is 4.39 Å². The molecule has 0 spiro atoms. The molecule has 3 saturated carbocycles. The number of piperidine rings is 1. The van der Waals surface area contributed by atoms with Crippen LogP contribution in [0.15, 0.2) is 18.2 Å². The van der Waals surface area contributed by atoms with Crippen LogP contribution in [0.2, 0.25) is 5.02 Å². The highest BCUT2D eigenvalue weighted by molar-refractivity contribution is 6.30. The SMILES string of the molecule is CC1CCNC(CNC(=O)C23CC(NC(=O)COc4ccc(Cl)c(F)c4)(C2)C3)C1. The normalized spacial score (nSPS) is 32.5. The van der Waals surface area contributed by atoms with Gasteiger partial charge in [0.2, 0.25) is 5.91 Å². The van der Waals surface area contributed by atoms with Crippen molar-refractivity contribution in [3.8, 4) is 5.75 Å². The standard InChI is InChI=1S/C21H27ClFN3O3/c1-13-4-5-24-14(6-13)8-25-19(28)20-10-21(11-20,12-20)26-18(27)9-29-15-2-3-16(22)17(23)7-15/h2-3,7,13-14,24H,4-6,8-12H2,1H3,(H,25,28)(H,26,27). The fourth-order valence-electron chi connectivity index (χ4n) is 4.99. The number of hydrogen-bond donors (Lipinski definition) is 3. The highest BCUT2D eigenvalue weighted by Gasteiger charge is 2.72. The molecule has 0 aromatic heterocycles. The molecule has 4 aliphatic rings. The third-order valence-electron chi connectivity index (χ3n) is 6.44. The fraction of sp³-hybridized carbons (Fsp3) is 0.619. The Hall–Kier alpha value is -1.86. The van der Waals surface area contributed by atoms with Crippen LogP contribution >= 0.6 is 11.6 Å². The maximum atomic E-state index is 13.4. The molecule has 158 valence electrons. The van der Waals surface area contributed by atoms with Crippen molar-refractivity contribution in [3.63, 3.8) is 0 Å². The van der Waals surface area contributed by atoms with E-state index >= 15 is 0 Å². The summed E-state index contributed by atoms with van der Waals surface area (Å²) in [5, 5.41) is 9.53. The van der Waals surface area contributed by atoms with Crippen molar-refractivity contribution >= 4 is 23.4 Å². The summed E-state index contributed by atoms with van der Waals surface area (Å²) in [5.41, 5.74) is -0.617. The maximum absolute atomic E-state index is 13.4. The number of benzene rings is 1. The zero-order valence-electron chi connectivity index (χ0n) is 16.5. The number of nitrogens with one attached hydrogen (secondary N) is 3. The van der Waals surface area contributed by atoms with E-state index in [4.69, 9.17) is 16.3 Å². The van der Waals surface area contributed by atoms with Gasteiger partial charge in [-0.05, 0) is 56.7 Å². The predicted molar refractivity (Wildman–Crippen MR) is 107 cm³/mol.